The Morgan fingerprint density at radius 2 is 1.70 bits per heavy atom. The fourth-order valence-corrected chi connectivity index (χ4v) is 3.53. The molecule has 0 bridgehead atoms. The van der Waals surface area contributed by atoms with E-state index >= 15 is 0 Å². The summed E-state index contributed by atoms with van der Waals surface area (Å²) < 4.78 is 7.26. The molecule has 1 aromatic carbocycles. The number of hydrogen-bond donors (Lipinski definition) is 1. The standard InChI is InChI=1S/C20H34NO2/c1-17(2)21(3,4)16-18(22)15-20(13-9-6-10-14-20)23-19-11-7-5-8-12-19/h5,7-8,11-12,17-18,22H,6,9-10,13-16H2,1-4H3/q+1. The van der Waals surface area contributed by atoms with Gasteiger partial charge in [0.1, 0.15) is 24.0 Å². The van der Waals surface area contributed by atoms with E-state index in [2.05, 4.69) is 27.9 Å². The van der Waals surface area contributed by atoms with Gasteiger partial charge in [0.15, 0.2) is 0 Å². The summed E-state index contributed by atoms with van der Waals surface area (Å²) in [5, 5.41) is 10.7. The van der Waals surface area contributed by atoms with Gasteiger partial charge in [-0.3, -0.25) is 0 Å². The number of quaternary nitrogens is 1. The van der Waals surface area contributed by atoms with Gasteiger partial charge in [0.2, 0.25) is 0 Å². The van der Waals surface area contributed by atoms with Crippen LogP contribution in [0.4, 0.5) is 0 Å². The Balaban J connectivity index is 2.06. The zero-order chi connectivity index (χ0) is 16.9. The zero-order valence-corrected chi connectivity index (χ0v) is 15.3. The number of ether oxygens (including phenoxy) is 1. The lowest BCUT2D eigenvalue weighted by Crippen LogP contribution is -2.52. The third-order valence-electron chi connectivity index (χ3n) is 5.53. The summed E-state index contributed by atoms with van der Waals surface area (Å²) in [4.78, 5) is 0. The molecule has 0 heterocycles. The molecule has 2 rings (SSSR count). The van der Waals surface area contributed by atoms with E-state index in [1.807, 2.05) is 30.3 Å². The molecule has 3 heteroatoms. The van der Waals surface area contributed by atoms with Crippen molar-refractivity contribution in [2.75, 3.05) is 20.6 Å². The van der Waals surface area contributed by atoms with Gasteiger partial charge in [-0.05, 0) is 51.7 Å². The van der Waals surface area contributed by atoms with E-state index in [9.17, 15) is 5.11 Å². The normalized spacial score (nSPS) is 19.6. The van der Waals surface area contributed by atoms with Crippen molar-refractivity contribution in [3.8, 4) is 5.75 Å². The lowest BCUT2D eigenvalue weighted by molar-refractivity contribution is -0.914. The van der Waals surface area contributed by atoms with Crippen molar-refractivity contribution >= 4 is 0 Å². The van der Waals surface area contributed by atoms with E-state index in [0.717, 1.165) is 36.0 Å². The fourth-order valence-electron chi connectivity index (χ4n) is 3.53. The minimum Gasteiger partial charge on any atom is -0.487 e. The molecule has 0 aliphatic heterocycles. The van der Waals surface area contributed by atoms with E-state index in [1.54, 1.807) is 0 Å². The van der Waals surface area contributed by atoms with Crippen molar-refractivity contribution < 1.29 is 14.3 Å². The number of likely N-dealkylation sites (N-methyl/N-ethyl adjacent to an activating group) is 1. The molecule has 1 aromatic rings. The molecule has 0 radical (unpaired) electrons. The van der Waals surface area contributed by atoms with Crippen LogP contribution in [0.25, 0.3) is 0 Å². The molecule has 130 valence electrons. The van der Waals surface area contributed by atoms with Crippen LogP contribution in [-0.2, 0) is 0 Å². The maximum Gasteiger partial charge on any atom is 0.120 e. The average molecular weight is 320 g/mol. The summed E-state index contributed by atoms with van der Waals surface area (Å²) in [5.41, 5.74) is -0.198. The van der Waals surface area contributed by atoms with Crippen LogP contribution >= 0.6 is 0 Å². The minimum absolute atomic E-state index is 0.198. The number of hydrogen-bond acceptors (Lipinski definition) is 2. The van der Waals surface area contributed by atoms with Gasteiger partial charge in [0.25, 0.3) is 0 Å². The summed E-state index contributed by atoms with van der Waals surface area (Å²) in [6.45, 7) is 5.20. The van der Waals surface area contributed by atoms with Gasteiger partial charge in [0, 0.05) is 6.42 Å². The Morgan fingerprint density at radius 3 is 2.26 bits per heavy atom. The van der Waals surface area contributed by atoms with Crippen molar-refractivity contribution in [2.24, 2.45) is 0 Å². The van der Waals surface area contributed by atoms with Crippen LogP contribution in [0.1, 0.15) is 52.4 Å². The molecular formula is C20H34NO2+. The second-order valence-corrected chi connectivity index (χ2v) is 8.07. The first-order valence-corrected chi connectivity index (χ1v) is 9.08. The Labute approximate surface area is 141 Å². The topological polar surface area (TPSA) is 29.5 Å². The van der Waals surface area contributed by atoms with Gasteiger partial charge in [-0.15, -0.1) is 0 Å². The Bertz CT molecular complexity index is 464. The molecular weight excluding hydrogens is 286 g/mol. The summed E-state index contributed by atoms with van der Waals surface area (Å²) >= 11 is 0. The van der Waals surface area contributed by atoms with Gasteiger partial charge in [-0.2, -0.15) is 0 Å². The van der Waals surface area contributed by atoms with Crippen molar-refractivity contribution in [1.29, 1.82) is 0 Å². The summed E-state index contributed by atoms with van der Waals surface area (Å²) in [5.74, 6) is 0.930. The monoisotopic (exact) mass is 320 g/mol. The highest BCUT2D eigenvalue weighted by Gasteiger charge is 2.38. The Kier molecular flexibility index (Phi) is 6.10. The van der Waals surface area contributed by atoms with Crippen LogP contribution in [0.5, 0.6) is 5.75 Å². The largest absolute Gasteiger partial charge is 0.487 e. The number of aliphatic hydroxyl groups is 1. The minimum atomic E-state index is -0.325. The van der Waals surface area contributed by atoms with Crippen molar-refractivity contribution in [3.63, 3.8) is 0 Å². The molecule has 1 N–H and O–H groups in total. The first-order valence-electron chi connectivity index (χ1n) is 9.08. The van der Waals surface area contributed by atoms with Gasteiger partial charge in [-0.25, -0.2) is 0 Å². The Hall–Kier alpha value is -1.06. The van der Waals surface area contributed by atoms with Gasteiger partial charge >= 0.3 is 0 Å². The van der Waals surface area contributed by atoms with Crippen molar-refractivity contribution in [3.05, 3.63) is 30.3 Å². The number of benzene rings is 1. The molecule has 0 spiro atoms. The SMILES string of the molecule is CC(C)[N+](C)(C)CC(O)CC1(Oc2ccccc2)CCCCC1. The summed E-state index contributed by atoms with van der Waals surface area (Å²) in [6, 6.07) is 10.6. The maximum atomic E-state index is 10.7. The number of aliphatic hydroxyl groups excluding tert-OH is 1. The van der Waals surface area contributed by atoms with E-state index in [-0.39, 0.29) is 11.7 Å². The van der Waals surface area contributed by atoms with E-state index < -0.39 is 0 Å². The number of nitrogens with zero attached hydrogens (tertiary/aromatic N) is 1. The third-order valence-corrected chi connectivity index (χ3v) is 5.53. The predicted molar refractivity (Wildman–Crippen MR) is 95.6 cm³/mol. The fraction of sp³-hybridized carbons (Fsp3) is 0.700. The molecule has 3 nitrogen and oxygen atoms in total. The quantitative estimate of drug-likeness (QED) is 0.769. The first kappa shape index (κ1) is 18.3. The molecule has 0 saturated heterocycles. The highest BCUT2D eigenvalue weighted by molar-refractivity contribution is 5.22. The van der Waals surface area contributed by atoms with Gasteiger partial charge < -0.3 is 14.3 Å². The maximum absolute atomic E-state index is 10.7. The first-order chi connectivity index (χ1) is 10.8. The van der Waals surface area contributed by atoms with Crippen LogP contribution in [0.2, 0.25) is 0 Å². The lowest BCUT2D eigenvalue weighted by Gasteiger charge is -2.41. The Morgan fingerprint density at radius 1 is 1.09 bits per heavy atom. The third kappa shape index (κ3) is 5.22. The molecule has 23 heavy (non-hydrogen) atoms. The van der Waals surface area contributed by atoms with Crippen LogP contribution in [0.15, 0.2) is 30.3 Å². The zero-order valence-electron chi connectivity index (χ0n) is 15.3. The molecule has 1 aliphatic rings. The van der Waals surface area contributed by atoms with Crippen molar-refractivity contribution in [1.82, 2.24) is 0 Å². The average Bonchev–Trinajstić information content (AvgIpc) is 2.48. The number of para-hydroxylation sites is 1. The molecule has 1 saturated carbocycles. The van der Waals surface area contributed by atoms with Crippen LogP contribution in [0.3, 0.4) is 0 Å². The molecule has 1 fully saturated rings. The van der Waals surface area contributed by atoms with E-state index in [0.29, 0.717) is 6.04 Å². The van der Waals surface area contributed by atoms with Crippen LogP contribution in [-0.4, -0.2) is 48.0 Å². The molecule has 1 unspecified atom stereocenters. The summed E-state index contributed by atoms with van der Waals surface area (Å²) in [7, 11) is 4.39. The van der Waals surface area contributed by atoms with Gasteiger partial charge in [-0.1, -0.05) is 24.6 Å². The predicted octanol–water partition coefficient (Wildman–Crippen LogP) is 4.00. The van der Waals surface area contributed by atoms with Crippen molar-refractivity contribution in [2.45, 2.75) is 70.1 Å². The lowest BCUT2D eigenvalue weighted by atomic mass is 9.80. The van der Waals surface area contributed by atoms with Crippen LogP contribution < -0.4 is 4.74 Å². The number of rotatable bonds is 7. The smallest absolute Gasteiger partial charge is 0.120 e. The second-order valence-electron chi connectivity index (χ2n) is 8.07. The molecule has 0 amide bonds. The highest BCUT2D eigenvalue weighted by atomic mass is 16.5. The second kappa shape index (κ2) is 7.67. The van der Waals surface area contributed by atoms with E-state index in [4.69, 9.17) is 4.74 Å². The molecule has 1 atom stereocenters. The molecule has 0 aromatic heterocycles. The highest BCUT2D eigenvalue weighted by Crippen LogP contribution is 2.37. The van der Waals surface area contributed by atoms with E-state index in [1.165, 1.54) is 19.3 Å². The molecule has 1 aliphatic carbocycles. The van der Waals surface area contributed by atoms with Crippen LogP contribution in [0, 0.1) is 0 Å². The van der Waals surface area contributed by atoms with Gasteiger partial charge in [0.05, 0.1) is 20.1 Å². The summed E-state index contributed by atoms with van der Waals surface area (Å²) in [6.07, 6.45) is 6.18.